The van der Waals surface area contributed by atoms with E-state index in [1.54, 1.807) is 17.3 Å². The lowest BCUT2D eigenvalue weighted by molar-refractivity contribution is -0.128. The molecule has 1 fully saturated rings. The molecule has 1 atom stereocenters. The number of nitrogens with one attached hydrogen (secondary N) is 2. The SMILES string of the molecule is Cc1nc(-c2ccc(NC(=O)C3CC(=O)N(Cc4cccnc4)C3)cc2)n[nH]1. The van der Waals surface area contributed by atoms with Crippen LogP contribution in [0.4, 0.5) is 5.69 Å². The minimum absolute atomic E-state index is 0.0145. The van der Waals surface area contributed by atoms with Gasteiger partial charge in [0.2, 0.25) is 11.8 Å². The number of rotatable bonds is 5. The number of hydrogen-bond donors (Lipinski definition) is 2. The number of hydrogen-bond acceptors (Lipinski definition) is 5. The van der Waals surface area contributed by atoms with E-state index in [0.29, 0.717) is 24.6 Å². The van der Waals surface area contributed by atoms with Crippen LogP contribution in [0.15, 0.2) is 48.8 Å². The van der Waals surface area contributed by atoms with Crippen LogP contribution in [-0.2, 0) is 16.1 Å². The van der Waals surface area contributed by atoms with Gasteiger partial charge in [0, 0.05) is 43.2 Å². The normalized spacial score (nSPS) is 16.4. The molecule has 28 heavy (non-hydrogen) atoms. The molecule has 0 bridgehead atoms. The van der Waals surface area contributed by atoms with E-state index in [0.717, 1.165) is 17.0 Å². The molecule has 3 aromatic rings. The van der Waals surface area contributed by atoms with Crippen LogP contribution >= 0.6 is 0 Å². The van der Waals surface area contributed by atoms with E-state index in [-0.39, 0.29) is 24.2 Å². The first kappa shape index (κ1) is 17.8. The van der Waals surface area contributed by atoms with E-state index >= 15 is 0 Å². The fraction of sp³-hybridized carbons (Fsp3) is 0.250. The van der Waals surface area contributed by atoms with Gasteiger partial charge in [0.15, 0.2) is 5.82 Å². The van der Waals surface area contributed by atoms with Gasteiger partial charge in [-0.15, -0.1) is 0 Å². The zero-order valence-electron chi connectivity index (χ0n) is 15.4. The number of likely N-dealkylation sites (tertiary alicyclic amines) is 1. The average molecular weight is 376 g/mol. The Balaban J connectivity index is 1.36. The van der Waals surface area contributed by atoms with Crippen LogP contribution in [-0.4, -0.2) is 43.4 Å². The minimum atomic E-state index is -0.362. The number of nitrogens with zero attached hydrogens (tertiary/aromatic N) is 4. The highest BCUT2D eigenvalue weighted by Crippen LogP contribution is 2.23. The lowest BCUT2D eigenvalue weighted by Crippen LogP contribution is -2.28. The second-order valence-electron chi connectivity index (χ2n) is 6.85. The van der Waals surface area contributed by atoms with Gasteiger partial charge in [0.25, 0.3) is 0 Å². The third kappa shape index (κ3) is 3.90. The van der Waals surface area contributed by atoms with Gasteiger partial charge in [0.1, 0.15) is 5.82 Å². The summed E-state index contributed by atoms with van der Waals surface area (Å²) < 4.78 is 0. The smallest absolute Gasteiger partial charge is 0.229 e. The molecule has 0 radical (unpaired) electrons. The van der Waals surface area contributed by atoms with Crippen LogP contribution in [0.5, 0.6) is 0 Å². The molecule has 142 valence electrons. The number of aromatic amines is 1. The zero-order chi connectivity index (χ0) is 19.5. The topological polar surface area (TPSA) is 104 Å². The van der Waals surface area contributed by atoms with Crippen LogP contribution in [0.25, 0.3) is 11.4 Å². The lowest BCUT2D eigenvalue weighted by atomic mass is 10.1. The number of benzene rings is 1. The molecule has 4 rings (SSSR count). The van der Waals surface area contributed by atoms with Crippen molar-refractivity contribution in [3.63, 3.8) is 0 Å². The Kier molecular flexibility index (Phi) is 4.84. The third-order valence-electron chi connectivity index (χ3n) is 4.69. The number of aromatic nitrogens is 4. The number of amides is 2. The van der Waals surface area contributed by atoms with Crippen LogP contribution in [0.1, 0.15) is 17.8 Å². The largest absolute Gasteiger partial charge is 0.337 e. The Morgan fingerprint density at radius 1 is 1.29 bits per heavy atom. The van der Waals surface area contributed by atoms with Gasteiger partial charge < -0.3 is 10.2 Å². The quantitative estimate of drug-likeness (QED) is 0.710. The molecule has 1 saturated heterocycles. The van der Waals surface area contributed by atoms with Crippen molar-refractivity contribution in [3.8, 4) is 11.4 Å². The molecule has 3 heterocycles. The van der Waals surface area contributed by atoms with E-state index in [9.17, 15) is 9.59 Å². The van der Waals surface area contributed by atoms with Gasteiger partial charge in [-0.25, -0.2) is 4.98 Å². The van der Waals surface area contributed by atoms with Crippen molar-refractivity contribution >= 4 is 17.5 Å². The first-order valence-corrected chi connectivity index (χ1v) is 9.05. The molecule has 1 unspecified atom stereocenters. The number of carbonyl (C=O) groups excluding carboxylic acids is 2. The predicted molar refractivity (Wildman–Crippen MR) is 103 cm³/mol. The van der Waals surface area contributed by atoms with Crippen LogP contribution in [0, 0.1) is 12.8 Å². The van der Waals surface area contributed by atoms with E-state index in [4.69, 9.17) is 0 Å². The summed E-state index contributed by atoms with van der Waals surface area (Å²) in [5.41, 5.74) is 2.50. The molecule has 8 heteroatoms. The van der Waals surface area contributed by atoms with Crippen molar-refractivity contribution in [3.05, 3.63) is 60.2 Å². The maximum absolute atomic E-state index is 12.6. The molecular formula is C20H20N6O2. The Hall–Kier alpha value is -3.55. The van der Waals surface area contributed by atoms with Crippen molar-refractivity contribution in [1.29, 1.82) is 0 Å². The first-order chi connectivity index (χ1) is 13.6. The number of aryl methyl sites for hydroxylation is 1. The summed E-state index contributed by atoms with van der Waals surface area (Å²) in [6.45, 7) is 2.72. The molecule has 1 aromatic carbocycles. The molecule has 0 aliphatic carbocycles. The highest BCUT2D eigenvalue weighted by Gasteiger charge is 2.34. The number of pyridine rings is 1. The fourth-order valence-corrected chi connectivity index (χ4v) is 3.23. The van der Waals surface area contributed by atoms with Gasteiger partial charge in [-0.3, -0.25) is 19.7 Å². The van der Waals surface area contributed by atoms with E-state index in [2.05, 4.69) is 25.5 Å². The van der Waals surface area contributed by atoms with Crippen molar-refractivity contribution in [2.24, 2.45) is 5.92 Å². The Morgan fingerprint density at radius 3 is 2.79 bits per heavy atom. The van der Waals surface area contributed by atoms with Crippen LogP contribution in [0.3, 0.4) is 0 Å². The molecule has 0 saturated carbocycles. The van der Waals surface area contributed by atoms with E-state index in [1.807, 2.05) is 43.3 Å². The van der Waals surface area contributed by atoms with Crippen molar-refractivity contribution in [2.45, 2.75) is 19.9 Å². The van der Waals surface area contributed by atoms with Crippen molar-refractivity contribution in [1.82, 2.24) is 25.1 Å². The summed E-state index contributed by atoms with van der Waals surface area (Å²) in [4.78, 5) is 34.9. The monoisotopic (exact) mass is 376 g/mol. The molecule has 1 aliphatic heterocycles. The van der Waals surface area contributed by atoms with Gasteiger partial charge in [-0.2, -0.15) is 5.10 Å². The van der Waals surface area contributed by atoms with Gasteiger partial charge >= 0.3 is 0 Å². The van der Waals surface area contributed by atoms with Gasteiger partial charge in [-0.05, 0) is 42.8 Å². The number of H-pyrrole nitrogens is 1. The minimum Gasteiger partial charge on any atom is -0.337 e. The fourth-order valence-electron chi connectivity index (χ4n) is 3.23. The summed E-state index contributed by atoms with van der Waals surface area (Å²) in [6.07, 6.45) is 3.65. The molecule has 0 spiro atoms. The zero-order valence-corrected chi connectivity index (χ0v) is 15.4. The van der Waals surface area contributed by atoms with Crippen molar-refractivity contribution in [2.75, 3.05) is 11.9 Å². The number of anilines is 1. The van der Waals surface area contributed by atoms with Crippen LogP contribution in [0.2, 0.25) is 0 Å². The molecule has 2 amide bonds. The van der Waals surface area contributed by atoms with Gasteiger partial charge in [-0.1, -0.05) is 6.07 Å². The summed E-state index contributed by atoms with van der Waals surface area (Å²) >= 11 is 0. The Morgan fingerprint density at radius 2 is 2.11 bits per heavy atom. The molecule has 1 aliphatic rings. The van der Waals surface area contributed by atoms with Gasteiger partial charge in [0.05, 0.1) is 5.92 Å². The highest BCUT2D eigenvalue weighted by atomic mass is 16.2. The number of carbonyl (C=O) groups is 2. The summed E-state index contributed by atoms with van der Waals surface area (Å²) in [5, 5.41) is 9.82. The average Bonchev–Trinajstić information content (AvgIpc) is 3.29. The highest BCUT2D eigenvalue weighted by molar-refractivity contribution is 5.97. The summed E-state index contributed by atoms with van der Waals surface area (Å²) in [5.74, 6) is 0.833. The molecule has 2 aromatic heterocycles. The lowest BCUT2D eigenvalue weighted by Gasteiger charge is -2.16. The predicted octanol–water partition coefficient (Wildman–Crippen LogP) is 2.16. The molecular weight excluding hydrogens is 356 g/mol. The van der Waals surface area contributed by atoms with E-state index in [1.165, 1.54) is 0 Å². The van der Waals surface area contributed by atoms with E-state index < -0.39 is 0 Å². The first-order valence-electron chi connectivity index (χ1n) is 9.05. The maximum Gasteiger partial charge on any atom is 0.229 e. The molecule has 8 nitrogen and oxygen atoms in total. The third-order valence-corrected chi connectivity index (χ3v) is 4.69. The summed E-state index contributed by atoms with van der Waals surface area (Å²) in [6, 6.07) is 11.1. The Bertz CT molecular complexity index is 983. The molecule has 2 N–H and O–H groups in total. The second-order valence-corrected chi connectivity index (χ2v) is 6.85. The summed E-state index contributed by atoms with van der Waals surface area (Å²) in [7, 11) is 0. The maximum atomic E-state index is 12.6. The Labute approximate surface area is 162 Å². The second kappa shape index (κ2) is 7.59. The van der Waals surface area contributed by atoms with Crippen LogP contribution < -0.4 is 5.32 Å². The standard InChI is InChI=1S/C20H20N6O2/c1-13-22-19(25-24-13)15-4-6-17(7-5-15)23-20(28)16-9-18(27)26(12-16)11-14-3-2-8-21-10-14/h2-8,10,16H,9,11-12H2,1H3,(H,23,28)(H,22,24,25). The van der Waals surface area contributed by atoms with Crippen molar-refractivity contribution < 1.29 is 9.59 Å².